The third-order valence-corrected chi connectivity index (χ3v) is 4.08. The molecule has 0 aromatic rings. The Labute approximate surface area is 98.6 Å². The maximum Gasteiger partial charge on any atom is 0.327 e. The number of carbonyl (C=O) groups excluding carboxylic acids is 1. The van der Waals surface area contributed by atoms with Crippen molar-refractivity contribution in [1.29, 1.82) is 0 Å². The highest BCUT2D eigenvalue weighted by atomic mass is 32.2. The third kappa shape index (κ3) is 2.32. The number of carboxylic acids is 1. The average molecular weight is 244 g/mol. The molecule has 0 bridgehead atoms. The maximum atomic E-state index is 12.1. The Bertz CT molecular complexity index is 292. The number of hydrogen-bond donors (Lipinski definition) is 2. The predicted molar refractivity (Wildman–Crippen MR) is 61.5 cm³/mol. The highest BCUT2D eigenvalue weighted by Gasteiger charge is 2.36. The molecule has 2 atom stereocenters. The van der Waals surface area contributed by atoms with Crippen molar-refractivity contribution in [3.63, 3.8) is 0 Å². The van der Waals surface area contributed by atoms with Crippen LogP contribution < -0.4 is 5.32 Å². The molecule has 2 fully saturated rings. The molecule has 2 heterocycles. The summed E-state index contributed by atoms with van der Waals surface area (Å²) in [5, 5.41) is 12.2. The molecule has 2 N–H and O–H groups in total. The zero-order valence-electron chi connectivity index (χ0n) is 9.02. The van der Waals surface area contributed by atoms with Gasteiger partial charge < -0.3 is 15.3 Å². The summed E-state index contributed by atoms with van der Waals surface area (Å²) in [7, 11) is 0. The van der Waals surface area contributed by atoms with E-state index < -0.39 is 12.0 Å². The minimum absolute atomic E-state index is 0.0369. The minimum atomic E-state index is -0.890. The number of carboxylic acid groups (broad SMARTS) is 1. The summed E-state index contributed by atoms with van der Waals surface area (Å²) in [6.07, 6.45) is 1.82. The minimum Gasteiger partial charge on any atom is -0.480 e. The second-order valence-corrected chi connectivity index (χ2v) is 5.26. The van der Waals surface area contributed by atoms with Gasteiger partial charge in [-0.15, -0.1) is 0 Å². The average Bonchev–Trinajstić information content (AvgIpc) is 2.81. The van der Waals surface area contributed by atoms with Crippen molar-refractivity contribution in [3.8, 4) is 0 Å². The Morgan fingerprint density at radius 2 is 2.25 bits per heavy atom. The fraction of sp³-hybridized carbons (Fsp3) is 0.800. The zero-order chi connectivity index (χ0) is 11.5. The van der Waals surface area contributed by atoms with Gasteiger partial charge in [-0.2, -0.15) is 11.8 Å². The van der Waals surface area contributed by atoms with E-state index in [0.717, 1.165) is 25.1 Å². The summed E-state index contributed by atoms with van der Waals surface area (Å²) in [4.78, 5) is 24.7. The van der Waals surface area contributed by atoms with E-state index in [-0.39, 0.29) is 11.9 Å². The van der Waals surface area contributed by atoms with Crippen LogP contribution in [0.15, 0.2) is 0 Å². The highest BCUT2D eigenvalue weighted by Crippen LogP contribution is 2.19. The molecule has 1 amide bonds. The quantitative estimate of drug-likeness (QED) is 0.702. The lowest BCUT2D eigenvalue weighted by Crippen LogP contribution is -2.55. The number of rotatable bonds is 2. The summed E-state index contributed by atoms with van der Waals surface area (Å²) in [6, 6.07) is -0.807. The zero-order valence-corrected chi connectivity index (χ0v) is 9.83. The second kappa shape index (κ2) is 5.05. The van der Waals surface area contributed by atoms with Crippen molar-refractivity contribution in [1.82, 2.24) is 10.2 Å². The Morgan fingerprint density at radius 1 is 1.44 bits per heavy atom. The Morgan fingerprint density at radius 3 is 2.88 bits per heavy atom. The van der Waals surface area contributed by atoms with E-state index in [1.165, 1.54) is 4.90 Å². The van der Waals surface area contributed by atoms with E-state index >= 15 is 0 Å². The van der Waals surface area contributed by atoms with E-state index in [4.69, 9.17) is 5.11 Å². The van der Waals surface area contributed by atoms with E-state index in [1.807, 2.05) is 0 Å². The van der Waals surface area contributed by atoms with Gasteiger partial charge in [0.25, 0.3) is 0 Å². The molecule has 5 nitrogen and oxygen atoms in total. The summed E-state index contributed by atoms with van der Waals surface area (Å²) >= 11 is 1.60. The van der Waals surface area contributed by atoms with Crippen molar-refractivity contribution in [2.24, 2.45) is 0 Å². The van der Waals surface area contributed by atoms with E-state index in [2.05, 4.69) is 5.32 Å². The molecule has 16 heavy (non-hydrogen) atoms. The number of nitrogens with one attached hydrogen (secondary N) is 1. The molecule has 0 spiro atoms. The largest absolute Gasteiger partial charge is 0.480 e. The molecule has 6 heteroatoms. The van der Waals surface area contributed by atoms with Gasteiger partial charge in [0.2, 0.25) is 5.91 Å². The number of nitrogens with zero attached hydrogens (tertiary/aromatic N) is 1. The van der Waals surface area contributed by atoms with Crippen molar-refractivity contribution < 1.29 is 14.7 Å². The van der Waals surface area contributed by atoms with Gasteiger partial charge >= 0.3 is 5.97 Å². The second-order valence-electron chi connectivity index (χ2n) is 4.11. The van der Waals surface area contributed by atoms with E-state index in [9.17, 15) is 9.59 Å². The first-order valence-electron chi connectivity index (χ1n) is 5.54. The van der Waals surface area contributed by atoms with Crippen LogP contribution in [0.25, 0.3) is 0 Å². The van der Waals surface area contributed by atoms with Gasteiger partial charge in [0.05, 0.1) is 6.04 Å². The van der Waals surface area contributed by atoms with Crippen LogP contribution in [0.3, 0.4) is 0 Å². The lowest BCUT2D eigenvalue weighted by Gasteiger charge is -2.34. The fourth-order valence-electron chi connectivity index (χ4n) is 2.17. The molecule has 0 radical (unpaired) electrons. The monoisotopic (exact) mass is 244 g/mol. The van der Waals surface area contributed by atoms with Gasteiger partial charge in [0, 0.05) is 18.1 Å². The molecular weight excluding hydrogens is 228 g/mol. The van der Waals surface area contributed by atoms with Crippen LogP contribution in [0.1, 0.15) is 12.8 Å². The van der Waals surface area contributed by atoms with Crippen LogP contribution in [0.2, 0.25) is 0 Å². The standard InChI is InChI=1S/C10H16N2O3S/c13-9(7-2-1-3-11-7)12-4-5-16-6-8(12)10(14)15/h7-8,11H,1-6H2,(H,14,15)/t7-,8?/m1/s1. The Kier molecular flexibility index (Phi) is 3.70. The third-order valence-electron chi connectivity index (χ3n) is 3.06. The smallest absolute Gasteiger partial charge is 0.327 e. The Balaban J connectivity index is 2.04. The molecule has 2 rings (SSSR count). The van der Waals surface area contributed by atoms with E-state index in [1.54, 1.807) is 11.8 Å². The summed E-state index contributed by atoms with van der Waals surface area (Å²) < 4.78 is 0. The lowest BCUT2D eigenvalue weighted by molar-refractivity contribution is -0.149. The van der Waals surface area contributed by atoms with Gasteiger partial charge in [0.1, 0.15) is 6.04 Å². The molecule has 0 saturated carbocycles. The van der Waals surface area contributed by atoms with Crippen molar-refractivity contribution >= 4 is 23.6 Å². The van der Waals surface area contributed by atoms with Crippen molar-refractivity contribution in [2.75, 3.05) is 24.6 Å². The number of carbonyl (C=O) groups is 2. The molecule has 2 aliphatic rings. The van der Waals surface area contributed by atoms with Crippen LogP contribution >= 0.6 is 11.8 Å². The normalized spacial score (nSPS) is 30.4. The van der Waals surface area contributed by atoms with E-state index in [0.29, 0.717) is 12.3 Å². The van der Waals surface area contributed by atoms with Gasteiger partial charge in [0.15, 0.2) is 0 Å². The lowest BCUT2D eigenvalue weighted by atomic mass is 10.1. The molecule has 0 aromatic heterocycles. The van der Waals surface area contributed by atoms with Crippen LogP contribution in [0.4, 0.5) is 0 Å². The summed E-state index contributed by atoms with van der Waals surface area (Å²) in [6.45, 7) is 1.41. The van der Waals surface area contributed by atoms with Gasteiger partial charge in [-0.05, 0) is 19.4 Å². The molecule has 1 unspecified atom stereocenters. The topological polar surface area (TPSA) is 69.6 Å². The van der Waals surface area contributed by atoms with Gasteiger partial charge in [-0.25, -0.2) is 4.79 Å². The van der Waals surface area contributed by atoms with Crippen LogP contribution in [-0.4, -0.2) is 58.6 Å². The predicted octanol–water partition coefficient (Wildman–Crippen LogP) is -0.233. The number of thioether (sulfide) groups is 1. The molecular formula is C10H16N2O3S. The maximum absolute atomic E-state index is 12.1. The van der Waals surface area contributed by atoms with Crippen LogP contribution in [0, 0.1) is 0 Å². The molecule has 2 saturated heterocycles. The van der Waals surface area contributed by atoms with Crippen molar-refractivity contribution in [2.45, 2.75) is 24.9 Å². The first kappa shape index (κ1) is 11.7. The fourth-order valence-corrected chi connectivity index (χ4v) is 3.21. The van der Waals surface area contributed by atoms with Gasteiger partial charge in [-0.3, -0.25) is 4.79 Å². The summed E-state index contributed by atoms with van der Waals surface area (Å²) in [5.41, 5.74) is 0. The Hall–Kier alpha value is -0.750. The molecule has 0 aromatic carbocycles. The first-order valence-corrected chi connectivity index (χ1v) is 6.70. The number of aliphatic carboxylic acids is 1. The van der Waals surface area contributed by atoms with Crippen LogP contribution in [-0.2, 0) is 9.59 Å². The number of amides is 1. The first-order chi connectivity index (χ1) is 7.70. The van der Waals surface area contributed by atoms with Crippen molar-refractivity contribution in [3.05, 3.63) is 0 Å². The van der Waals surface area contributed by atoms with Gasteiger partial charge in [-0.1, -0.05) is 0 Å². The highest BCUT2D eigenvalue weighted by molar-refractivity contribution is 7.99. The summed E-state index contributed by atoms with van der Waals surface area (Å²) in [5.74, 6) is 0.416. The molecule has 90 valence electrons. The van der Waals surface area contributed by atoms with Crippen LogP contribution in [0.5, 0.6) is 0 Å². The molecule has 2 aliphatic heterocycles. The number of hydrogen-bond acceptors (Lipinski definition) is 4. The molecule has 0 aliphatic carbocycles. The SMILES string of the molecule is O=C(O)C1CSCCN1C(=O)[C@H]1CCCN1.